The van der Waals surface area contributed by atoms with Gasteiger partial charge in [0.15, 0.2) is 11.6 Å². The fraction of sp³-hybridized carbons (Fsp3) is 0.231. The Morgan fingerprint density at radius 2 is 1.64 bits per heavy atom. The number of carbonyl (C=O) groups is 1. The van der Waals surface area contributed by atoms with Crippen molar-refractivity contribution in [3.8, 4) is 5.82 Å². The smallest absolute Gasteiger partial charge is 0.232 e. The van der Waals surface area contributed by atoms with Gasteiger partial charge in [-0.2, -0.15) is 5.10 Å². The van der Waals surface area contributed by atoms with E-state index in [1.165, 1.54) is 0 Å². The zero-order valence-electron chi connectivity index (χ0n) is 18.4. The van der Waals surface area contributed by atoms with Crippen LogP contribution < -0.4 is 9.80 Å². The summed E-state index contributed by atoms with van der Waals surface area (Å²) in [4.78, 5) is 17.8. The first-order valence-electron chi connectivity index (χ1n) is 11.3. The van der Waals surface area contributed by atoms with Gasteiger partial charge in [0.1, 0.15) is 0 Å². The Labute approximate surface area is 193 Å². The van der Waals surface area contributed by atoms with Crippen LogP contribution in [-0.4, -0.2) is 39.0 Å². The molecule has 0 aliphatic carbocycles. The van der Waals surface area contributed by atoms with E-state index in [1.807, 2.05) is 77.8 Å². The normalized spacial score (nSPS) is 15.9. The van der Waals surface area contributed by atoms with Gasteiger partial charge in [-0.1, -0.05) is 48.5 Å². The molecule has 1 aliphatic rings. The summed E-state index contributed by atoms with van der Waals surface area (Å²) in [6, 6.07) is 25.8. The topological polar surface area (TPSA) is 67.2 Å². The minimum absolute atomic E-state index is 0.102. The fourth-order valence-corrected chi connectivity index (χ4v) is 4.29. The van der Waals surface area contributed by atoms with Crippen molar-refractivity contribution in [3.05, 3.63) is 96.8 Å². The second-order valence-electron chi connectivity index (χ2n) is 8.23. The molecule has 33 heavy (non-hydrogen) atoms. The van der Waals surface area contributed by atoms with Gasteiger partial charge in [0.25, 0.3) is 0 Å². The number of aromatic nitrogens is 4. The van der Waals surface area contributed by atoms with Gasteiger partial charge in [-0.05, 0) is 48.7 Å². The van der Waals surface area contributed by atoms with Crippen molar-refractivity contribution in [1.29, 1.82) is 0 Å². The maximum Gasteiger partial charge on any atom is 0.232 e. The van der Waals surface area contributed by atoms with Crippen LogP contribution in [0.2, 0.25) is 0 Å². The lowest BCUT2D eigenvalue weighted by Gasteiger charge is -2.35. The molecule has 1 aliphatic heterocycles. The predicted molar refractivity (Wildman–Crippen MR) is 128 cm³/mol. The third-order valence-electron chi connectivity index (χ3n) is 5.99. The third kappa shape index (κ3) is 4.77. The summed E-state index contributed by atoms with van der Waals surface area (Å²) < 4.78 is 1.68. The van der Waals surface area contributed by atoms with Crippen LogP contribution in [-0.2, 0) is 11.3 Å². The molecular formula is C26H26N6O. The standard InChI is InChI=1S/C26H26N6O/c33-26(31(23-12-5-2-6-13-23)19-21-9-3-1-4-10-21)22-11-7-17-30(20-22)24-14-15-25(29-28-24)32-18-8-16-27-32/h1-6,8-10,12-16,18,22H,7,11,17,19-20H2. The van der Waals surface area contributed by atoms with E-state index in [9.17, 15) is 4.79 Å². The van der Waals surface area contributed by atoms with Crippen molar-refractivity contribution < 1.29 is 4.79 Å². The van der Waals surface area contributed by atoms with Crippen LogP contribution in [0.5, 0.6) is 0 Å². The number of benzene rings is 2. The first kappa shape index (κ1) is 20.9. The highest BCUT2D eigenvalue weighted by Crippen LogP contribution is 2.26. The van der Waals surface area contributed by atoms with Crippen LogP contribution in [0.15, 0.2) is 91.3 Å². The predicted octanol–water partition coefficient (Wildman–Crippen LogP) is 4.11. The summed E-state index contributed by atoms with van der Waals surface area (Å²) in [6.45, 7) is 2.05. The van der Waals surface area contributed by atoms with Gasteiger partial charge >= 0.3 is 0 Å². The zero-order valence-corrected chi connectivity index (χ0v) is 18.4. The molecular weight excluding hydrogens is 412 g/mol. The molecule has 7 heteroatoms. The van der Waals surface area contributed by atoms with Gasteiger partial charge in [-0.15, -0.1) is 10.2 Å². The molecule has 2 aromatic carbocycles. The SMILES string of the molecule is O=C(C1CCCN(c2ccc(-n3cccn3)nn2)C1)N(Cc1ccccc1)c1ccccc1. The molecule has 0 N–H and O–H groups in total. The van der Waals surface area contributed by atoms with Crippen LogP contribution in [0.25, 0.3) is 5.82 Å². The molecule has 5 rings (SSSR count). The average molecular weight is 439 g/mol. The highest BCUT2D eigenvalue weighted by Gasteiger charge is 2.31. The minimum Gasteiger partial charge on any atom is -0.354 e. The fourth-order valence-electron chi connectivity index (χ4n) is 4.29. The van der Waals surface area contributed by atoms with Crippen molar-refractivity contribution in [2.24, 2.45) is 5.92 Å². The molecule has 1 fully saturated rings. The summed E-state index contributed by atoms with van der Waals surface area (Å²) >= 11 is 0. The Kier molecular flexibility index (Phi) is 6.10. The lowest BCUT2D eigenvalue weighted by Crippen LogP contribution is -2.45. The Morgan fingerprint density at radius 1 is 0.909 bits per heavy atom. The average Bonchev–Trinajstić information content (AvgIpc) is 3.43. The Hall–Kier alpha value is -4.00. The zero-order chi connectivity index (χ0) is 22.5. The van der Waals surface area contributed by atoms with E-state index in [4.69, 9.17) is 0 Å². The molecule has 4 aromatic rings. The molecule has 0 spiro atoms. The van der Waals surface area contributed by atoms with Crippen LogP contribution in [0.4, 0.5) is 11.5 Å². The molecule has 2 aromatic heterocycles. The number of hydrogen-bond donors (Lipinski definition) is 0. The molecule has 1 unspecified atom stereocenters. The van der Waals surface area contributed by atoms with Crippen molar-refractivity contribution in [2.45, 2.75) is 19.4 Å². The summed E-state index contributed by atoms with van der Waals surface area (Å²) in [7, 11) is 0. The number of carbonyl (C=O) groups excluding carboxylic acids is 1. The van der Waals surface area contributed by atoms with E-state index >= 15 is 0 Å². The Morgan fingerprint density at radius 3 is 2.33 bits per heavy atom. The first-order valence-corrected chi connectivity index (χ1v) is 11.3. The molecule has 1 saturated heterocycles. The lowest BCUT2D eigenvalue weighted by atomic mass is 9.96. The third-order valence-corrected chi connectivity index (χ3v) is 5.99. The summed E-state index contributed by atoms with van der Waals surface area (Å²) in [5, 5.41) is 12.9. The van der Waals surface area contributed by atoms with E-state index in [0.29, 0.717) is 18.9 Å². The van der Waals surface area contributed by atoms with E-state index in [1.54, 1.807) is 10.9 Å². The van der Waals surface area contributed by atoms with E-state index in [2.05, 4.69) is 32.3 Å². The summed E-state index contributed by atoms with van der Waals surface area (Å²) in [5.74, 6) is 1.51. The lowest BCUT2D eigenvalue weighted by molar-refractivity contribution is -0.122. The molecule has 166 valence electrons. The number of amides is 1. The molecule has 1 amide bonds. The highest BCUT2D eigenvalue weighted by molar-refractivity contribution is 5.95. The molecule has 0 saturated carbocycles. The van der Waals surface area contributed by atoms with Crippen LogP contribution in [0, 0.1) is 5.92 Å². The number of anilines is 2. The first-order chi connectivity index (χ1) is 16.3. The Bertz CT molecular complexity index is 1160. The summed E-state index contributed by atoms with van der Waals surface area (Å²) in [5.41, 5.74) is 2.04. The van der Waals surface area contributed by atoms with Crippen LogP contribution in [0.3, 0.4) is 0 Å². The molecule has 1 atom stereocenters. The maximum absolute atomic E-state index is 13.7. The van der Waals surface area contributed by atoms with Crippen molar-refractivity contribution in [2.75, 3.05) is 22.9 Å². The molecule has 0 radical (unpaired) electrons. The van der Waals surface area contributed by atoms with Gasteiger partial charge in [-0.3, -0.25) is 4.79 Å². The number of hydrogen-bond acceptors (Lipinski definition) is 5. The largest absolute Gasteiger partial charge is 0.354 e. The number of rotatable bonds is 6. The quantitative estimate of drug-likeness (QED) is 0.453. The summed E-state index contributed by atoms with van der Waals surface area (Å²) in [6.07, 6.45) is 5.35. The number of para-hydroxylation sites is 1. The van der Waals surface area contributed by atoms with Gasteiger partial charge in [-0.25, -0.2) is 4.68 Å². The second kappa shape index (κ2) is 9.65. The molecule has 7 nitrogen and oxygen atoms in total. The van der Waals surface area contributed by atoms with Crippen molar-refractivity contribution in [3.63, 3.8) is 0 Å². The molecule has 0 bridgehead atoms. The van der Waals surface area contributed by atoms with E-state index < -0.39 is 0 Å². The number of nitrogens with zero attached hydrogens (tertiary/aromatic N) is 6. The van der Waals surface area contributed by atoms with Crippen molar-refractivity contribution in [1.82, 2.24) is 20.0 Å². The number of piperidine rings is 1. The van der Waals surface area contributed by atoms with Crippen molar-refractivity contribution >= 4 is 17.4 Å². The maximum atomic E-state index is 13.7. The van der Waals surface area contributed by atoms with E-state index in [0.717, 1.165) is 36.5 Å². The molecule has 3 heterocycles. The highest BCUT2D eigenvalue weighted by atomic mass is 16.2. The second-order valence-corrected chi connectivity index (χ2v) is 8.23. The van der Waals surface area contributed by atoms with Gasteiger partial charge < -0.3 is 9.80 Å². The monoisotopic (exact) mass is 438 g/mol. The van der Waals surface area contributed by atoms with Gasteiger partial charge in [0, 0.05) is 31.2 Å². The Balaban J connectivity index is 1.34. The van der Waals surface area contributed by atoms with E-state index in [-0.39, 0.29) is 11.8 Å². The van der Waals surface area contributed by atoms with Gasteiger partial charge in [0.05, 0.1) is 12.5 Å². The van der Waals surface area contributed by atoms with Crippen LogP contribution in [0.1, 0.15) is 18.4 Å². The van der Waals surface area contributed by atoms with Crippen LogP contribution >= 0.6 is 0 Å². The van der Waals surface area contributed by atoms with Gasteiger partial charge in [0.2, 0.25) is 5.91 Å². The minimum atomic E-state index is -0.102.